The SMILES string of the molecule is COc1ccc(C(N[C@@H]2C[C@H](n3cnc4c(NC(=O)c5ccccc5)ncnc43)O[C@@H]2CO)(c2ccccc2)c2ccc(OC)cc2)cc1. The Kier molecular flexibility index (Phi) is 9.03. The number of anilines is 1. The molecule has 1 amide bonds. The Hall–Kier alpha value is -5.62. The van der Waals surface area contributed by atoms with Crippen molar-refractivity contribution in [1.29, 1.82) is 0 Å². The van der Waals surface area contributed by atoms with E-state index < -0.39 is 17.9 Å². The first-order valence-corrected chi connectivity index (χ1v) is 16.0. The molecule has 0 saturated carbocycles. The van der Waals surface area contributed by atoms with Gasteiger partial charge in [0.2, 0.25) is 0 Å². The standard InChI is InChI=1S/C38H36N6O5/c1-47-29-17-13-27(14-18-29)38(26-11-7-4-8-12-26,28-15-19-30(48-2)20-16-28)43-31-21-33(49-32(31)22-45)44-24-41-34-35(39-23-40-36(34)44)42-37(46)25-9-5-3-6-10-25/h3-20,23-24,31-33,43,45H,21-22H2,1-2H3,(H,39,40,42,46)/t31-,32-,33-/m1/s1. The fourth-order valence-corrected chi connectivity index (χ4v) is 6.54. The third-order valence-corrected chi connectivity index (χ3v) is 9.01. The van der Waals surface area contributed by atoms with Crippen molar-refractivity contribution >= 4 is 22.9 Å². The van der Waals surface area contributed by atoms with Gasteiger partial charge < -0.3 is 24.6 Å². The van der Waals surface area contributed by atoms with Crippen LogP contribution in [0.5, 0.6) is 11.5 Å². The van der Waals surface area contributed by atoms with Crippen LogP contribution in [-0.4, -0.2) is 63.5 Å². The van der Waals surface area contributed by atoms with Crippen LogP contribution in [0.15, 0.2) is 122 Å². The number of nitrogens with one attached hydrogen (secondary N) is 2. The van der Waals surface area contributed by atoms with Crippen LogP contribution in [0.25, 0.3) is 11.2 Å². The minimum Gasteiger partial charge on any atom is -0.497 e. The molecule has 3 heterocycles. The Labute approximate surface area is 283 Å². The summed E-state index contributed by atoms with van der Waals surface area (Å²) in [7, 11) is 3.29. The maximum atomic E-state index is 12.9. The molecule has 11 heteroatoms. The van der Waals surface area contributed by atoms with Crippen molar-refractivity contribution in [1.82, 2.24) is 24.8 Å². The Morgan fingerprint density at radius 2 is 1.43 bits per heavy atom. The Bertz CT molecular complexity index is 1970. The molecule has 7 rings (SSSR count). The molecule has 2 aromatic heterocycles. The maximum absolute atomic E-state index is 12.9. The molecule has 11 nitrogen and oxygen atoms in total. The van der Waals surface area contributed by atoms with E-state index in [2.05, 4.69) is 62.0 Å². The van der Waals surface area contributed by atoms with E-state index in [1.165, 1.54) is 6.33 Å². The average molecular weight is 657 g/mol. The second-order valence-corrected chi connectivity index (χ2v) is 11.7. The number of carbonyl (C=O) groups excluding carboxylic acids is 1. The van der Waals surface area contributed by atoms with Gasteiger partial charge in [0.25, 0.3) is 5.91 Å². The second-order valence-electron chi connectivity index (χ2n) is 11.7. The van der Waals surface area contributed by atoms with Crippen LogP contribution in [0.1, 0.15) is 39.7 Å². The zero-order valence-electron chi connectivity index (χ0n) is 27.1. The summed E-state index contributed by atoms with van der Waals surface area (Å²) < 4.78 is 19.3. The van der Waals surface area contributed by atoms with E-state index in [1.54, 1.807) is 44.8 Å². The number of carbonyl (C=O) groups is 1. The molecule has 6 aromatic rings. The van der Waals surface area contributed by atoms with E-state index in [0.717, 1.165) is 28.2 Å². The summed E-state index contributed by atoms with van der Waals surface area (Å²) in [4.78, 5) is 26.3. The molecule has 3 atom stereocenters. The first-order chi connectivity index (χ1) is 24.0. The maximum Gasteiger partial charge on any atom is 0.256 e. The van der Waals surface area contributed by atoms with Crippen molar-refractivity contribution in [2.24, 2.45) is 0 Å². The number of rotatable bonds is 11. The first kappa shape index (κ1) is 32.0. The summed E-state index contributed by atoms with van der Waals surface area (Å²) in [6, 6.07) is 34.8. The van der Waals surface area contributed by atoms with E-state index in [-0.39, 0.29) is 18.6 Å². The van der Waals surface area contributed by atoms with Gasteiger partial charge in [-0.15, -0.1) is 0 Å². The molecule has 1 fully saturated rings. The molecule has 1 aliphatic heterocycles. The Morgan fingerprint density at radius 3 is 2.02 bits per heavy atom. The zero-order valence-corrected chi connectivity index (χ0v) is 27.1. The number of hydrogen-bond donors (Lipinski definition) is 3. The number of hydrogen-bond acceptors (Lipinski definition) is 9. The number of amides is 1. The van der Waals surface area contributed by atoms with Crippen LogP contribution in [0.3, 0.4) is 0 Å². The smallest absolute Gasteiger partial charge is 0.256 e. The number of fused-ring (bicyclic) bond motifs is 1. The molecule has 4 aromatic carbocycles. The van der Waals surface area contributed by atoms with Gasteiger partial charge in [-0.1, -0.05) is 72.8 Å². The van der Waals surface area contributed by atoms with Crippen LogP contribution in [0.2, 0.25) is 0 Å². The Balaban J connectivity index is 1.26. The quantitative estimate of drug-likeness (QED) is 0.158. The summed E-state index contributed by atoms with van der Waals surface area (Å²) in [5.41, 5.74) is 3.54. The lowest BCUT2D eigenvalue weighted by molar-refractivity contribution is -0.0264. The van der Waals surface area contributed by atoms with E-state index in [4.69, 9.17) is 14.2 Å². The van der Waals surface area contributed by atoms with Gasteiger partial charge in [0.1, 0.15) is 24.1 Å². The fraction of sp³-hybridized carbons (Fsp3) is 0.211. The van der Waals surface area contributed by atoms with Crippen LogP contribution in [-0.2, 0) is 10.3 Å². The van der Waals surface area contributed by atoms with Gasteiger partial charge in [-0.05, 0) is 53.1 Å². The molecule has 0 unspecified atom stereocenters. The van der Waals surface area contributed by atoms with Crippen molar-refractivity contribution in [2.45, 2.75) is 30.3 Å². The van der Waals surface area contributed by atoms with Gasteiger partial charge in [-0.25, -0.2) is 15.0 Å². The van der Waals surface area contributed by atoms with Crippen LogP contribution >= 0.6 is 0 Å². The largest absolute Gasteiger partial charge is 0.497 e. The van der Waals surface area contributed by atoms with Gasteiger partial charge in [-0.3, -0.25) is 14.7 Å². The summed E-state index contributed by atoms with van der Waals surface area (Å²) in [6.07, 6.45) is 2.42. The lowest BCUT2D eigenvalue weighted by Crippen LogP contribution is -2.53. The van der Waals surface area contributed by atoms with E-state index >= 15 is 0 Å². The minimum atomic E-state index is -0.857. The molecule has 0 spiro atoms. The molecule has 0 radical (unpaired) electrons. The molecular formula is C38H36N6O5. The number of nitrogens with zero attached hydrogens (tertiary/aromatic N) is 4. The van der Waals surface area contributed by atoms with E-state index in [1.807, 2.05) is 53.1 Å². The average Bonchev–Trinajstić information content (AvgIpc) is 3.79. The summed E-state index contributed by atoms with van der Waals surface area (Å²) in [5.74, 6) is 1.48. The molecule has 49 heavy (non-hydrogen) atoms. The first-order valence-electron chi connectivity index (χ1n) is 16.0. The summed E-state index contributed by atoms with van der Waals surface area (Å²) in [6.45, 7) is -0.218. The fourth-order valence-electron chi connectivity index (χ4n) is 6.54. The lowest BCUT2D eigenvalue weighted by atomic mass is 9.76. The van der Waals surface area contributed by atoms with Crippen LogP contribution < -0.4 is 20.1 Å². The van der Waals surface area contributed by atoms with Crippen LogP contribution in [0.4, 0.5) is 5.82 Å². The summed E-state index contributed by atoms with van der Waals surface area (Å²) >= 11 is 0. The number of ether oxygens (including phenoxy) is 3. The van der Waals surface area contributed by atoms with Gasteiger partial charge in [0.15, 0.2) is 17.0 Å². The number of imidazole rings is 1. The lowest BCUT2D eigenvalue weighted by Gasteiger charge is -2.40. The van der Waals surface area contributed by atoms with Crippen molar-refractivity contribution in [3.05, 3.63) is 144 Å². The number of methoxy groups -OCH3 is 2. The second kappa shape index (κ2) is 13.9. The molecule has 1 saturated heterocycles. The third-order valence-electron chi connectivity index (χ3n) is 9.01. The molecule has 3 N–H and O–H groups in total. The molecule has 0 aliphatic carbocycles. The van der Waals surface area contributed by atoms with Crippen molar-refractivity contribution in [2.75, 3.05) is 26.1 Å². The van der Waals surface area contributed by atoms with Gasteiger partial charge in [0.05, 0.1) is 38.8 Å². The van der Waals surface area contributed by atoms with E-state index in [9.17, 15) is 9.90 Å². The van der Waals surface area contributed by atoms with Crippen molar-refractivity contribution in [3.8, 4) is 11.5 Å². The normalized spacial score (nSPS) is 17.6. The molecule has 0 bridgehead atoms. The number of aliphatic hydroxyl groups is 1. The topological polar surface area (TPSA) is 133 Å². The monoisotopic (exact) mass is 656 g/mol. The number of aromatic nitrogens is 4. The predicted octanol–water partition coefficient (Wildman–Crippen LogP) is 5.33. The van der Waals surface area contributed by atoms with Gasteiger partial charge in [0, 0.05) is 18.0 Å². The predicted molar refractivity (Wildman–Crippen MR) is 185 cm³/mol. The highest BCUT2D eigenvalue weighted by Gasteiger charge is 2.44. The zero-order chi connectivity index (χ0) is 33.8. The highest BCUT2D eigenvalue weighted by atomic mass is 16.5. The van der Waals surface area contributed by atoms with Gasteiger partial charge >= 0.3 is 0 Å². The van der Waals surface area contributed by atoms with Crippen LogP contribution in [0, 0.1) is 0 Å². The minimum absolute atomic E-state index is 0.218. The number of benzene rings is 4. The van der Waals surface area contributed by atoms with E-state index in [0.29, 0.717) is 29.0 Å². The summed E-state index contributed by atoms with van der Waals surface area (Å²) in [5, 5.41) is 17.5. The number of aliphatic hydroxyl groups excluding tert-OH is 1. The Morgan fingerprint density at radius 1 is 0.837 bits per heavy atom. The third kappa shape index (κ3) is 6.11. The molecular weight excluding hydrogens is 620 g/mol. The van der Waals surface area contributed by atoms with Gasteiger partial charge in [-0.2, -0.15) is 0 Å². The molecule has 248 valence electrons. The van der Waals surface area contributed by atoms with Crippen molar-refractivity contribution < 1.29 is 24.1 Å². The highest BCUT2D eigenvalue weighted by molar-refractivity contribution is 6.06. The highest BCUT2D eigenvalue weighted by Crippen LogP contribution is 2.41. The van der Waals surface area contributed by atoms with Crippen molar-refractivity contribution in [3.63, 3.8) is 0 Å². The molecule has 1 aliphatic rings.